The maximum Gasteiger partial charge on any atom is 0.297 e. The number of nitrogens with zero attached hydrogens (tertiary/aromatic N) is 2. The van der Waals surface area contributed by atoms with E-state index in [1.165, 1.54) is 11.1 Å². The van der Waals surface area contributed by atoms with Crippen molar-refractivity contribution in [3.8, 4) is 0 Å². The zero-order valence-corrected chi connectivity index (χ0v) is 9.91. The van der Waals surface area contributed by atoms with Gasteiger partial charge in [0.25, 0.3) is 6.01 Å². The predicted octanol–water partition coefficient (Wildman–Crippen LogP) is 2.25. The Kier molecular flexibility index (Phi) is 3.58. The fourth-order valence-corrected chi connectivity index (χ4v) is 2.14. The van der Waals surface area contributed by atoms with Crippen molar-refractivity contribution in [2.75, 3.05) is 11.4 Å². The van der Waals surface area contributed by atoms with Gasteiger partial charge in [-0.05, 0) is 18.4 Å². The average molecular weight is 238 g/mol. The van der Waals surface area contributed by atoms with Gasteiger partial charge in [-0.3, -0.25) is 0 Å². The van der Waals surface area contributed by atoms with Gasteiger partial charge in [0.2, 0.25) is 0 Å². The van der Waals surface area contributed by atoms with Gasteiger partial charge >= 0.3 is 0 Å². The molecule has 0 unspecified atom stereocenters. The fourth-order valence-electron chi connectivity index (χ4n) is 1.42. The molecule has 0 radical (unpaired) electrons. The van der Waals surface area contributed by atoms with Crippen LogP contribution in [-0.4, -0.2) is 16.6 Å². The third-order valence-electron chi connectivity index (χ3n) is 2.28. The summed E-state index contributed by atoms with van der Waals surface area (Å²) in [7, 11) is 0. The normalized spacial score (nSPS) is 10.6. The Morgan fingerprint density at radius 3 is 3.00 bits per heavy atom. The lowest BCUT2D eigenvalue weighted by Gasteiger charge is -2.16. The van der Waals surface area contributed by atoms with E-state index < -0.39 is 0 Å². The molecule has 0 aliphatic heterocycles. The average Bonchev–Trinajstić information content (AvgIpc) is 2.96. The van der Waals surface area contributed by atoms with E-state index in [4.69, 9.17) is 9.52 Å². The summed E-state index contributed by atoms with van der Waals surface area (Å²) in [5.74, 6) is 0. The maximum atomic E-state index is 8.92. The van der Waals surface area contributed by atoms with Crippen molar-refractivity contribution in [1.29, 1.82) is 0 Å². The van der Waals surface area contributed by atoms with Crippen molar-refractivity contribution in [2.45, 2.75) is 20.1 Å². The zero-order chi connectivity index (χ0) is 11.4. The maximum absolute atomic E-state index is 8.92. The van der Waals surface area contributed by atoms with E-state index in [2.05, 4.69) is 23.4 Å². The largest absolute Gasteiger partial charge is 0.432 e. The number of anilines is 1. The van der Waals surface area contributed by atoms with Gasteiger partial charge in [0.1, 0.15) is 12.0 Å². The van der Waals surface area contributed by atoms with Gasteiger partial charge in [-0.25, -0.2) is 0 Å². The first-order valence-electron chi connectivity index (χ1n) is 5.16. The van der Waals surface area contributed by atoms with Gasteiger partial charge in [-0.2, -0.15) is 4.98 Å². The number of aromatic nitrogens is 1. The SMILES string of the molecule is CCN(Cc1cccs1)c1nc(CO)co1. The lowest BCUT2D eigenvalue weighted by atomic mass is 10.4. The molecular weight excluding hydrogens is 224 g/mol. The first kappa shape index (κ1) is 11.2. The van der Waals surface area contributed by atoms with E-state index in [-0.39, 0.29) is 6.61 Å². The number of oxazole rings is 1. The molecule has 2 rings (SSSR count). The molecule has 0 aliphatic carbocycles. The first-order valence-corrected chi connectivity index (χ1v) is 6.04. The van der Waals surface area contributed by atoms with Crippen LogP contribution in [0.15, 0.2) is 28.2 Å². The van der Waals surface area contributed by atoms with Crippen LogP contribution < -0.4 is 4.90 Å². The van der Waals surface area contributed by atoms with Gasteiger partial charge in [0.05, 0.1) is 13.2 Å². The Morgan fingerprint density at radius 2 is 2.44 bits per heavy atom. The molecule has 0 atom stereocenters. The minimum absolute atomic E-state index is 0.0833. The summed E-state index contributed by atoms with van der Waals surface area (Å²) < 4.78 is 5.32. The van der Waals surface area contributed by atoms with Crippen molar-refractivity contribution < 1.29 is 9.52 Å². The van der Waals surface area contributed by atoms with Gasteiger partial charge in [-0.1, -0.05) is 6.07 Å². The quantitative estimate of drug-likeness (QED) is 0.868. The van der Waals surface area contributed by atoms with Crippen LogP contribution in [0.1, 0.15) is 17.5 Å². The molecule has 0 aromatic carbocycles. The van der Waals surface area contributed by atoms with Gasteiger partial charge < -0.3 is 14.4 Å². The van der Waals surface area contributed by atoms with Crippen LogP contribution in [0.25, 0.3) is 0 Å². The highest BCUT2D eigenvalue weighted by Crippen LogP contribution is 2.18. The topological polar surface area (TPSA) is 49.5 Å². The van der Waals surface area contributed by atoms with Crippen LogP contribution >= 0.6 is 11.3 Å². The highest BCUT2D eigenvalue weighted by molar-refractivity contribution is 7.09. The van der Waals surface area contributed by atoms with E-state index in [9.17, 15) is 0 Å². The van der Waals surface area contributed by atoms with Crippen LogP contribution in [0.4, 0.5) is 6.01 Å². The molecule has 0 aliphatic rings. The molecule has 2 heterocycles. The Bertz CT molecular complexity index is 425. The standard InChI is InChI=1S/C11H14N2O2S/c1-2-13(6-10-4-3-5-16-10)11-12-9(7-14)8-15-11/h3-5,8,14H,2,6-7H2,1H3. The number of hydrogen-bond donors (Lipinski definition) is 1. The lowest BCUT2D eigenvalue weighted by Crippen LogP contribution is -2.21. The number of thiophene rings is 1. The molecule has 2 aromatic rings. The molecule has 1 N–H and O–H groups in total. The van der Waals surface area contributed by atoms with E-state index >= 15 is 0 Å². The van der Waals surface area contributed by atoms with Crippen molar-refractivity contribution in [3.05, 3.63) is 34.3 Å². The molecule has 0 saturated carbocycles. The van der Waals surface area contributed by atoms with Gasteiger partial charge in [0, 0.05) is 11.4 Å². The molecule has 0 amide bonds. The molecule has 16 heavy (non-hydrogen) atoms. The Labute approximate surface area is 98.2 Å². The number of aliphatic hydroxyl groups is 1. The number of aliphatic hydroxyl groups excluding tert-OH is 1. The van der Waals surface area contributed by atoms with Crippen molar-refractivity contribution in [2.24, 2.45) is 0 Å². The molecule has 0 saturated heterocycles. The lowest BCUT2D eigenvalue weighted by molar-refractivity contribution is 0.276. The van der Waals surface area contributed by atoms with E-state index in [0.29, 0.717) is 11.7 Å². The zero-order valence-electron chi connectivity index (χ0n) is 9.09. The Morgan fingerprint density at radius 1 is 1.56 bits per heavy atom. The second-order valence-electron chi connectivity index (χ2n) is 3.37. The summed E-state index contributed by atoms with van der Waals surface area (Å²) in [4.78, 5) is 7.50. The van der Waals surface area contributed by atoms with Crippen LogP contribution in [0.3, 0.4) is 0 Å². The molecule has 5 heteroatoms. The smallest absolute Gasteiger partial charge is 0.297 e. The molecule has 0 fully saturated rings. The van der Waals surface area contributed by atoms with Crippen LogP contribution in [0.2, 0.25) is 0 Å². The third kappa shape index (κ3) is 2.43. The third-order valence-corrected chi connectivity index (χ3v) is 3.14. The monoisotopic (exact) mass is 238 g/mol. The Balaban J connectivity index is 2.10. The van der Waals surface area contributed by atoms with Crippen molar-refractivity contribution in [3.63, 3.8) is 0 Å². The summed E-state index contributed by atoms with van der Waals surface area (Å²) in [5, 5.41) is 11.0. The number of rotatable bonds is 5. The van der Waals surface area contributed by atoms with E-state index in [1.54, 1.807) is 11.3 Å². The van der Waals surface area contributed by atoms with Crippen molar-refractivity contribution >= 4 is 17.4 Å². The summed E-state index contributed by atoms with van der Waals surface area (Å²) in [6, 6.07) is 4.69. The molecule has 86 valence electrons. The molecular formula is C11H14N2O2S. The molecule has 0 bridgehead atoms. The highest BCUT2D eigenvalue weighted by Gasteiger charge is 2.12. The second kappa shape index (κ2) is 5.14. The van der Waals surface area contributed by atoms with Crippen molar-refractivity contribution in [1.82, 2.24) is 4.98 Å². The van der Waals surface area contributed by atoms with Crippen LogP contribution in [0.5, 0.6) is 0 Å². The Hall–Kier alpha value is -1.33. The minimum Gasteiger partial charge on any atom is -0.432 e. The molecule has 2 aromatic heterocycles. The number of hydrogen-bond acceptors (Lipinski definition) is 5. The predicted molar refractivity (Wildman–Crippen MR) is 63.5 cm³/mol. The summed E-state index contributed by atoms with van der Waals surface area (Å²) in [5.41, 5.74) is 0.569. The summed E-state index contributed by atoms with van der Waals surface area (Å²) in [6.45, 7) is 3.58. The van der Waals surface area contributed by atoms with Crippen LogP contribution in [-0.2, 0) is 13.2 Å². The van der Waals surface area contributed by atoms with E-state index in [0.717, 1.165) is 13.1 Å². The second-order valence-corrected chi connectivity index (χ2v) is 4.41. The fraction of sp³-hybridized carbons (Fsp3) is 0.364. The van der Waals surface area contributed by atoms with Crippen LogP contribution in [0, 0.1) is 0 Å². The van der Waals surface area contributed by atoms with E-state index in [1.807, 2.05) is 11.0 Å². The molecule has 4 nitrogen and oxygen atoms in total. The summed E-state index contributed by atoms with van der Waals surface area (Å²) in [6.07, 6.45) is 1.49. The highest BCUT2D eigenvalue weighted by atomic mass is 32.1. The molecule has 0 spiro atoms. The summed E-state index contributed by atoms with van der Waals surface area (Å²) >= 11 is 1.71. The first-order chi connectivity index (χ1) is 7.83. The van der Waals surface area contributed by atoms with Gasteiger partial charge in [0.15, 0.2) is 0 Å². The van der Waals surface area contributed by atoms with Gasteiger partial charge in [-0.15, -0.1) is 11.3 Å². The minimum atomic E-state index is -0.0833.